The Kier molecular flexibility index (Phi) is 1.66. The summed E-state index contributed by atoms with van der Waals surface area (Å²) in [5.74, 6) is 0. The Labute approximate surface area is 74.4 Å². The maximum atomic E-state index is 5.61. The van der Waals surface area contributed by atoms with Crippen molar-refractivity contribution in [2.75, 3.05) is 0 Å². The first kappa shape index (κ1) is 7.43. The van der Waals surface area contributed by atoms with Gasteiger partial charge in [-0.1, -0.05) is 0 Å². The highest BCUT2D eigenvalue weighted by molar-refractivity contribution is 6.28. The molecular weight excluding hydrogens is 174 g/mol. The van der Waals surface area contributed by atoms with Crippen LogP contribution in [0.2, 0.25) is 5.28 Å². The van der Waals surface area contributed by atoms with Gasteiger partial charge in [0.2, 0.25) is 5.28 Å². The number of hydrogen-bond acceptors (Lipinski definition) is 3. The molecule has 0 saturated carbocycles. The normalized spacial score (nSPS) is 10.5. The van der Waals surface area contributed by atoms with E-state index in [0.717, 1.165) is 16.7 Å². The number of rotatable bonds is 0. The van der Waals surface area contributed by atoms with Gasteiger partial charge in [-0.05, 0) is 30.7 Å². The van der Waals surface area contributed by atoms with Crippen molar-refractivity contribution in [2.45, 2.75) is 6.92 Å². The van der Waals surface area contributed by atoms with Crippen LogP contribution in [-0.4, -0.2) is 15.0 Å². The lowest BCUT2D eigenvalue weighted by molar-refractivity contribution is 1.17. The van der Waals surface area contributed by atoms with Crippen molar-refractivity contribution in [1.82, 2.24) is 15.0 Å². The van der Waals surface area contributed by atoms with Crippen LogP contribution in [0.1, 0.15) is 5.69 Å². The van der Waals surface area contributed by atoms with E-state index in [4.69, 9.17) is 11.6 Å². The van der Waals surface area contributed by atoms with Gasteiger partial charge < -0.3 is 0 Å². The first-order valence-electron chi connectivity index (χ1n) is 3.51. The molecule has 0 fully saturated rings. The van der Waals surface area contributed by atoms with Gasteiger partial charge in [0.15, 0.2) is 0 Å². The predicted molar refractivity (Wildman–Crippen MR) is 47.1 cm³/mol. The average molecular weight is 180 g/mol. The van der Waals surface area contributed by atoms with Crippen LogP contribution in [0.4, 0.5) is 0 Å². The molecule has 12 heavy (non-hydrogen) atoms. The van der Waals surface area contributed by atoms with Crippen molar-refractivity contribution in [1.29, 1.82) is 0 Å². The molecule has 60 valence electrons. The topological polar surface area (TPSA) is 38.7 Å². The summed E-state index contributed by atoms with van der Waals surface area (Å²) in [4.78, 5) is 12.1. The molecule has 0 aliphatic heterocycles. The van der Waals surface area contributed by atoms with Crippen LogP contribution in [0.25, 0.3) is 11.0 Å². The first-order valence-corrected chi connectivity index (χ1v) is 3.89. The zero-order valence-electron chi connectivity index (χ0n) is 6.45. The molecule has 0 unspecified atom stereocenters. The molecule has 0 spiro atoms. The van der Waals surface area contributed by atoms with E-state index in [-0.39, 0.29) is 5.28 Å². The molecule has 4 heteroatoms. The van der Waals surface area contributed by atoms with Gasteiger partial charge in [0.05, 0.1) is 11.7 Å². The van der Waals surface area contributed by atoms with Gasteiger partial charge in [-0.25, -0.2) is 15.0 Å². The summed E-state index contributed by atoms with van der Waals surface area (Å²) in [7, 11) is 0. The minimum atomic E-state index is 0.258. The second-order valence-electron chi connectivity index (χ2n) is 2.50. The van der Waals surface area contributed by atoms with Crippen LogP contribution < -0.4 is 0 Å². The molecule has 2 aromatic rings. The van der Waals surface area contributed by atoms with Gasteiger partial charge in [-0.3, -0.25) is 0 Å². The van der Waals surface area contributed by atoms with Gasteiger partial charge >= 0.3 is 0 Å². The molecule has 2 rings (SSSR count). The number of aryl methyl sites for hydroxylation is 1. The number of hydrogen-bond donors (Lipinski definition) is 0. The SMILES string of the molecule is Cc1ccc2nc(Cl)ncc2n1. The third kappa shape index (κ3) is 1.23. The molecule has 0 N–H and O–H groups in total. The van der Waals surface area contributed by atoms with E-state index in [1.807, 2.05) is 19.1 Å². The van der Waals surface area contributed by atoms with Crippen molar-refractivity contribution in [2.24, 2.45) is 0 Å². The van der Waals surface area contributed by atoms with E-state index in [2.05, 4.69) is 15.0 Å². The Bertz CT molecular complexity index is 386. The van der Waals surface area contributed by atoms with Crippen LogP contribution in [0.15, 0.2) is 18.3 Å². The van der Waals surface area contributed by atoms with E-state index >= 15 is 0 Å². The van der Waals surface area contributed by atoms with Crippen molar-refractivity contribution in [3.63, 3.8) is 0 Å². The van der Waals surface area contributed by atoms with E-state index in [0.29, 0.717) is 0 Å². The fourth-order valence-electron chi connectivity index (χ4n) is 1.00. The lowest BCUT2D eigenvalue weighted by atomic mass is 10.3. The highest BCUT2D eigenvalue weighted by Gasteiger charge is 1.97. The van der Waals surface area contributed by atoms with Crippen LogP contribution in [0.5, 0.6) is 0 Å². The molecule has 0 bridgehead atoms. The molecule has 0 atom stereocenters. The lowest BCUT2D eigenvalue weighted by Gasteiger charge is -1.96. The standard InChI is InChI=1S/C8H6ClN3/c1-5-2-3-6-7(11-5)4-10-8(9)12-6/h2-4H,1H3. The highest BCUT2D eigenvalue weighted by atomic mass is 35.5. The summed E-state index contributed by atoms with van der Waals surface area (Å²) < 4.78 is 0. The summed E-state index contributed by atoms with van der Waals surface area (Å²) in [6.45, 7) is 1.92. The van der Waals surface area contributed by atoms with E-state index in [1.54, 1.807) is 6.20 Å². The Hall–Kier alpha value is -1.22. The molecule has 0 radical (unpaired) electrons. The quantitative estimate of drug-likeness (QED) is 0.581. The van der Waals surface area contributed by atoms with Crippen LogP contribution in [0, 0.1) is 6.92 Å². The maximum Gasteiger partial charge on any atom is 0.223 e. The van der Waals surface area contributed by atoms with Crippen molar-refractivity contribution >= 4 is 22.6 Å². The summed E-state index contributed by atoms with van der Waals surface area (Å²) in [6.07, 6.45) is 1.62. The molecular formula is C8H6ClN3. The molecule has 2 heterocycles. The number of fused-ring (bicyclic) bond motifs is 1. The summed E-state index contributed by atoms with van der Waals surface area (Å²) >= 11 is 5.61. The van der Waals surface area contributed by atoms with Gasteiger partial charge in [-0.15, -0.1) is 0 Å². The van der Waals surface area contributed by atoms with E-state index < -0.39 is 0 Å². The number of nitrogens with zero attached hydrogens (tertiary/aromatic N) is 3. The van der Waals surface area contributed by atoms with E-state index in [9.17, 15) is 0 Å². The first-order chi connectivity index (χ1) is 5.75. The van der Waals surface area contributed by atoms with Crippen molar-refractivity contribution in [3.8, 4) is 0 Å². The summed E-state index contributed by atoms with van der Waals surface area (Å²) in [5, 5.41) is 0.258. The van der Waals surface area contributed by atoms with E-state index in [1.165, 1.54) is 0 Å². The predicted octanol–water partition coefficient (Wildman–Crippen LogP) is 1.99. The third-order valence-electron chi connectivity index (χ3n) is 1.55. The van der Waals surface area contributed by atoms with Crippen LogP contribution >= 0.6 is 11.6 Å². The van der Waals surface area contributed by atoms with Crippen molar-refractivity contribution < 1.29 is 0 Å². The Morgan fingerprint density at radius 1 is 1.17 bits per heavy atom. The second-order valence-corrected chi connectivity index (χ2v) is 2.83. The third-order valence-corrected chi connectivity index (χ3v) is 1.73. The van der Waals surface area contributed by atoms with Crippen LogP contribution in [0.3, 0.4) is 0 Å². The fraction of sp³-hybridized carbons (Fsp3) is 0.125. The minimum Gasteiger partial charge on any atom is -0.250 e. The number of aromatic nitrogens is 3. The zero-order chi connectivity index (χ0) is 8.55. The molecule has 0 aliphatic rings. The summed E-state index contributed by atoms with van der Waals surface area (Å²) in [6, 6.07) is 3.77. The second kappa shape index (κ2) is 2.68. The van der Waals surface area contributed by atoms with Crippen molar-refractivity contribution in [3.05, 3.63) is 29.3 Å². The van der Waals surface area contributed by atoms with Gasteiger partial charge in [0.25, 0.3) is 0 Å². The minimum absolute atomic E-state index is 0.258. The molecule has 0 aliphatic carbocycles. The summed E-state index contributed by atoms with van der Waals surface area (Å²) in [5.41, 5.74) is 2.51. The van der Waals surface area contributed by atoms with Crippen LogP contribution in [-0.2, 0) is 0 Å². The Balaban J connectivity index is 2.79. The zero-order valence-corrected chi connectivity index (χ0v) is 7.21. The van der Waals surface area contributed by atoms with Gasteiger partial charge in [0.1, 0.15) is 5.52 Å². The smallest absolute Gasteiger partial charge is 0.223 e. The molecule has 3 nitrogen and oxygen atoms in total. The molecule has 0 amide bonds. The molecule has 2 aromatic heterocycles. The average Bonchev–Trinajstić information content (AvgIpc) is 2.05. The number of halogens is 1. The molecule has 0 saturated heterocycles. The van der Waals surface area contributed by atoms with Gasteiger partial charge in [-0.2, -0.15) is 0 Å². The monoisotopic (exact) mass is 179 g/mol. The lowest BCUT2D eigenvalue weighted by Crippen LogP contribution is -1.88. The largest absolute Gasteiger partial charge is 0.250 e. The van der Waals surface area contributed by atoms with Gasteiger partial charge in [0, 0.05) is 5.69 Å². The Morgan fingerprint density at radius 3 is 2.83 bits per heavy atom. The Morgan fingerprint density at radius 2 is 2.00 bits per heavy atom. The highest BCUT2D eigenvalue weighted by Crippen LogP contribution is 2.10. The fourth-order valence-corrected chi connectivity index (χ4v) is 1.14. The maximum absolute atomic E-state index is 5.61. The number of pyridine rings is 1. The molecule has 0 aromatic carbocycles.